The molecule has 3 heteroatoms. The molecular weight excluding hydrogens is 318 g/mol. The van der Waals surface area contributed by atoms with E-state index >= 15 is 0 Å². The molecule has 2 aromatic carbocycles. The number of thioether (sulfide) groups is 1. The van der Waals surface area contributed by atoms with Crippen LogP contribution in [-0.4, -0.2) is 5.75 Å². The summed E-state index contributed by atoms with van der Waals surface area (Å²) in [7, 11) is 0. The molecule has 0 spiro atoms. The molecule has 0 unspecified atom stereocenters. The van der Waals surface area contributed by atoms with Gasteiger partial charge in [-0.3, -0.25) is 0 Å². The van der Waals surface area contributed by atoms with E-state index in [2.05, 4.69) is 52.3 Å². The molecule has 0 aliphatic rings. The van der Waals surface area contributed by atoms with Crippen LogP contribution in [0, 0.1) is 0 Å². The number of hydrogen-bond donors (Lipinski definition) is 1. The SMILES string of the molecule is Nc1ccc(Br)cc1SCCCCc1ccccc1. The van der Waals surface area contributed by atoms with E-state index in [-0.39, 0.29) is 0 Å². The zero-order valence-electron chi connectivity index (χ0n) is 10.8. The van der Waals surface area contributed by atoms with Crippen molar-refractivity contribution in [3.8, 4) is 0 Å². The average molecular weight is 336 g/mol. The van der Waals surface area contributed by atoms with Gasteiger partial charge in [0.25, 0.3) is 0 Å². The monoisotopic (exact) mass is 335 g/mol. The highest BCUT2D eigenvalue weighted by atomic mass is 79.9. The third-order valence-electron chi connectivity index (χ3n) is 2.94. The van der Waals surface area contributed by atoms with E-state index in [1.807, 2.05) is 23.9 Å². The summed E-state index contributed by atoms with van der Waals surface area (Å²) in [5, 5.41) is 0. The van der Waals surface area contributed by atoms with Gasteiger partial charge >= 0.3 is 0 Å². The van der Waals surface area contributed by atoms with Gasteiger partial charge in [0.05, 0.1) is 0 Å². The van der Waals surface area contributed by atoms with E-state index in [1.165, 1.54) is 23.3 Å². The Balaban J connectivity index is 1.71. The van der Waals surface area contributed by atoms with Crippen LogP contribution in [0.25, 0.3) is 0 Å². The molecule has 0 bridgehead atoms. The highest BCUT2D eigenvalue weighted by molar-refractivity contribution is 9.10. The van der Waals surface area contributed by atoms with Crippen molar-refractivity contribution in [2.45, 2.75) is 24.2 Å². The lowest BCUT2D eigenvalue weighted by molar-refractivity contribution is 0.802. The van der Waals surface area contributed by atoms with Crippen molar-refractivity contribution >= 4 is 33.4 Å². The largest absolute Gasteiger partial charge is 0.398 e. The number of nitrogen functional groups attached to an aromatic ring is 1. The van der Waals surface area contributed by atoms with Crippen LogP contribution >= 0.6 is 27.7 Å². The maximum absolute atomic E-state index is 5.95. The van der Waals surface area contributed by atoms with Gasteiger partial charge in [0.15, 0.2) is 0 Å². The highest BCUT2D eigenvalue weighted by Gasteiger charge is 2.01. The summed E-state index contributed by atoms with van der Waals surface area (Å²) in [5.74, 6) is 1.12. The van der Waals surface area contributed by atoms with Gasteiger partial charge in [0.2, 0.25) is 0 Å². The van der Waals surface area contributed by atoms with Crippen LogP contribution in [0.1, 0.15) is 18.4 Å². The smallest absolute Gasteiger partial charge is 0.0453 e. The number of nitrogens with two attached hydrogens (primary N) is 1. The Bertz CT molecular complexity index is 513. The van der Waals surface area contributed by atoms with E-state index in [4.69, 9.17) is 5.73 Å². The van der Waals surface area contributed by atoms with E-state index in [9.17, 15) is 0 Å². The molecule has 0 saturated carbocycles. The number of rotatable bonds is 6. The molecule has 2 aromatic rings. The first-order valence-corrected chi connectivity index (χ1v) is 8.25. The lowest BCUT2D eigenvalue weighted by Gasteiger charge is -2.06. The molecule has 0 heterocycles. The zero-order chi connectivity index (χ0) is 13.5. The van der Waals surface area contributed by atoms with Crippen LogP contribution in [0.5, 0.6) is 0 Å². The van der Waals surface area contributed by atoms with Gasteiger partial charge in [-0.25, -0.2) is 0 Å². The van der Waals surface area contributed by atoms with Gasteiger partial charge in [-0.15, -0.1) is 11.8 Å². The Labute approximate surface area is 127 Å². The molecule has 100 valence electrons. The van der Waals surface area contributed by atoms with Crippen molar-refractivity contribution in [2.24, 2.45) is 0 Å². The second kappa shape index (κ2) is 7.61. The molecule has 2 rings (SSSR count). The summed E-state index contributed by atoms with van der Waals surface area (Å²) >= 11 is 5.32. The molecule has 0 saturated heterocycles. The molecule has 2 N–H and O–H groups in total. The van der Waals surface area contributed by atoms with Crippen LogP contribution in [-0.2, 0) is 6.42 Å². The second-order valence-corrected chi connectivity index (χ2v) is 6.53. The van der Waals surface area contributed by atoms with Crippen LogP contribution in [0.15, 0.2) is 57.9 Å². The maximum Gasteiger partial charge on any atom is 0.0453 e. The Hall–Kier alpha value is -0.930. The van der Waals surface area contributed by atoms with Crippen LogP contribution in [0.4, 0.5) is 5.69 Å². The molecule has 0 radical (unpaired) electrons. The lowest BCUT2D eigenvalue weighted by Crippen LogP contribution is -1.90. The molecule has 0 aliphatic carbocycles. The van der Waals surface area contributed by atoms with Crippen molar-refractivity contribution in [1.29, 1.82) is 0 Å². The van der Waals surface area contributed by atoms with Crippen molar-refractivity contribution < 1.29 is 0 Å². The van der Waals surface area contributed by atoms with Gasteiger partial charge in [-0.1, -0.05) is 46.3 Å². The summed E-state index contributed by atoms with van der Waals surface area (Å²) in [6, 6.07) is 16.7. The van der Waals surface area contributed by atoms with Gasteiger partial charge in [0, 0.05) is 15.1 Å². The van der Waals surface area contributed by atoms with Crippen LogP contribution in [0.3, 0.4) is 0 Å². The van der Waals surface area contributed by atoms with Crippen LogP contribution < -0.4 is 5.73 Å². The second-order valence-electron chi connectivity index (χ2n) is 4.47. The molecule has 0 fully saturated rings. The van der Waals surface area contributed by atoms with Gasteiger partial charge in [-0.05, 0) is 48.8 Å². The minimum Gasteiger partial charge on any atom is -0.398 e. The summed E-state index contributed by atoms with van der Waals surface area (Å²) in [5.41, 5.74) is 8.25. The maximum atomic E-state index is 5.95. The first-order valence-electron chi connectivity index (χ1n) is 6.47. The normalized spacial score (nSPS) is 10.6. The Morgan fingerprint density at radius 2 is 1.79 bits per heavy atom. The fraction of sp³-hybridized carbons (Fsp3) is 0.250. The highest BCUT2D eigenvalue weighted by Crippen LogP contribution is 2.28. The van der Waals surface area contributed by atoms with Crippen molar-refractivity contribution in [3.05, 3.63) is 58.6 Å². The van der Waals surface area contributed by atoms with Crippen LogP contribution in [0.2, 0.25) is 0 Å². The Morgan fingerprint density at radius 3 is 2.58 bits per heavy atom. The first-order chi connectivity index (χ1) is 9.25. The number of benzene rings is 2. The van der Waals surface area contributed by atoms with Crippen molar-refractivity contribution in [2.75, 3.05) is 11.5 Å². The predicted octanol–water partition coefficient (Wildman–Crippen LogP) is 5.15. The quantitative estimate of drug-likeness (QED) is 0.449. The number of halogens is 1. The first kappa shape index (κ1) is 14.5. The third kappa shape index (κ3) is 4.92. The summed E-state index contributed by atoms with van der Waals surface area (Å²) in [6.07, 6.45) is 3.60. The number of hydrogen-bond acceptors (Lipinski definition) is 2. The minimum atomic E-state index is 0.872. The Morgan fingerprint density at radius 1 is 1.00 bits per heavy atom. The van der Waals surface area contributed by atoms with Gasteiger partial charge in [-0.2, -0.15) is 0 Å². The number of unbranched alkanes of at least 4 members (excludes halogenated alkanes) is 1. The van der Waals surface area contributed by atoms with E-state index < -0.39 is 0 Å². The fourth-order valence-corrected chi connectivity index (χ4v) is 3.42. The third-order valence-corrected chi connectivity index (χ3v) is 4.59. The molecule has 0 amide bonds. The topological polar surface area (TPSA) is 26.0 Å². The predicted molar refractivity (Wildman–Crippen MR) is 88.7 cm³/mol. The summed E-state index contributed by atoms with van der Waals surface area (Å²) in [6.45, 7) is 0. The summed E-state index contributed by atoms with van der Waals surface area (Å²) < 4.78 is 1.09. The molecule has 1 nitrogen and oxygen atoms in total. The zero-order valence-corrected chi connectivity index (χ0v) is 13.2. The number of aryl methyl sites for hydroxylation is 1. The number of anilines is 1. The molecule has 19 heavy (non-hydrogen) atoms. The molecule has 0 aliphatic heterocycles. The van der Waals surface area contributed by atoms with Gasteiger partial charge < -0.3 is 5.73 Å². The van der Waals surface area contributed by atoms with Crippen molar-refractivity contribution in [3.63, 3.8) is 0 Å². The van der Waals surface area contributed by atoms with E-state index in [0.717, 1.165) is 22.3 Å². The van der Waals surface area contributed by atoms with E-state index in [0.29, 0.717) is 0 Å². The lowest BCUT2D eigenvalue weighted by atomic mass is 10.1. The fourth-order valence-electron chi connectivity index (χ4n) is 1.89. The minimum absolute atomic E-state index is 0.872. The van der Waals surface area contributed by atoms with E-state index in [1.54, 1.807) is 0 Å². The van der Waals surface area contributed by atoms with Gasteiger partial charge in [0.1, 0.15) is 0 Å². The average Bonchev–Trinajstić information content (AvgIpc) is 2.43. The van der Waals surface area contributed by atoms with Crippen molar-refractivity contribution in [1.82, 2.24) is 0 Å². The molecular formula is C16H18BrNS. The standard InChI is InChI=1S/C16H18BrNS/c17-14-9-10-15(18)16(12-14)19-11-5-4-8-13-6-2-1-3-7-13/h1-3,6-7,9-10,12H,4-5,8,11,18H2. The summed E-state index contributed by atoms with van der Waals surface area (Å²) in [4.78, 5) is 1.18. The Kier molecular flexibility index (Phi) is 5.80. The molecule has 0 aromatic heterocycles. The molecule has 0 atom stereocenters.